The smallest absolute Gasteiger partial charge is 0.317 e. The lowest BCUT2D eigenvalue weighted by atomic mass is 10.2. The van der Waals surface area contributed by atoms with Gasteiger partial charge in [0.05, 0.1) is 6.04 Å². The maximum absolute atomic E-state index is 11.9. The molecule has 0 saturated heterocycles. The Labute approximate surface area is 123 Å². The molecular formula is C14H22N2O3S. The molecule has 0 bridgehead atoms. The molecule has 0 fully saturated rings. The molecule has 0 radical (unpaired) electrons. The van der Waals surface area contributed by atoms with E-state index in [1.54, 1.807) is 23.3 Å². The van der Waals surface area contributed by atoms with Gasteiger partial charge in [-0.05, 0) is 31.2 Å². The number of nitrogens with zero attached hydrogens (tertiary/aromatic N) is 1. The third-order valence-corrected chi connectivity index (χ3v) is 4.24. The molecule has 1 unspecified atom stereocenters. The van der Waals surface area contributed by atoms with Crippen LogP contribution in [-0.2, 0) is 4.79 Å². The fourth-order valence-electron chi connectivity index (χ4n) is 1.79. The lowest BCUT2D eigenvalue weighted by Gasteiger charge is -2.24. The van der Waals surface area contributed by atoms with E-state index in [1.807, 2.05) is 24.4 Å². The van der Waals surface area contributed by atoms with Gasteiger partial charge in [0.15, 0.2) is 0 Å². The Morgan fingerprint density at radius 2 is 2.15 bits per heavy atom. The van der Waals surface area contributed by atoms with Crippen molar-refractivity contribution < 1.29 is 14.7 Å². The van der Waals surface area contributed by atoms with Crippen LogP contribution in [0.4, 0.5) is 4.79 Å². The summed E-state index contributed by atoms with van der Waals surface area (Å²) in [5.41, 5.74) is 0. The number of rotatable bonds is 8. The molecule has 0 saturated carbocycles. The van der Waals surface area contributed by atoms with Crippen molar-refractivity contribution in [2.75, 3.05) is 13.6 Å². The van der Waals surface area contributed by atoms with Gasteiger partial charge >= 0.3 is 12.0 Å². The number of aliphatic carboxylic acids is 1. The number of unbranched alkanes of at least 4 members (excludes halogenated alkanes) is 2. The molecule has 112 valence electrons. The Morgan fingerprint density at radius 1 is 1.40 bits per heavy atom. The van der Waals surface area contributed by atoms with Crippen LogP contribution in [0.1, 0.15) is 43.5 Å². The zero-order valence-corrected chi connectivity index (χ0v) is 12.8. The highest BCUT2D eigenvalue weighted by molar-refractivity contribution is 7.10. The van der Waals surface area contributed by atoms with Crippen LogP contribution in [0.25, 0.3) is 0 Å². The number of carbonyl (C=O) groups excluding carboxylic acids is 1. The molecule has 1 aromatic heterocycles. The van der Waals surface area contributed by atoms with Crippen LogP contribution in [0.15, 0.2) is 17.5 Å². The summed E-state index contributed by atoms with van der Waals surface area (Å²) in [6.07, 6.45) is 2.48. The van der Waals surface area contributed by atoms with Crippen LogP contribution < -0.4 is 5.32 Å². The van der Waals surface area contributed by atoms with Gasteiger partial charge in [-0.1, -0.05) is 12.5 Å². The maximum Gasteiger partial charge on any atom is 0.317 e. The number of carbonyl (C=O) groups is 2. The molecule has 0 aliphatic carbocycles. The molecule has 0 aliphatic heterocycles. The van der Waals surface area contributed by atoms with Gasteiger partial charge in [0.1, 0.15) is 0 Å². The van der Waals surface area contributed by atoms with E-state index in [4.69, 9.17) is 5.11 Å². The van der Waals surface area contributed by atoms with Gasteiger partial charge < -0.3 is 15.3 Å². The number of amides is 2. The largest absolute Gasteiger partial charge is 0.481 e. The number of hydrogen-bond donors (Lipinski definition) is 2. The van der Waals surface area contributed by atoms with E-state index in [1.165, 1.54) is 0 Å². The Morgan fingerprint density at radius 3 is 2.75 bits per heavy atom. The Balaban J connectivity index is 2.20. The summed E-state index contributed by atoms with van der Waals surface area (Å²) in [5, 5.41) is 13.4. The van der Waals surface area contributed by atoms with Crippen molar-refractivity contribution in [2.24, 2.45) is 0 Å². The molecule has 20 heavy (non-hydrogen) atoms. The summed E-state index contributed by atoms with van der Waals surface area (Å²) in [6.45, 7) is 2.58. The second kappa shape index (κ2) is 8.58. The summed E-state index contributed by atoms with van der Waals surface area (Å²) >= 11 is 1.64. The SMILES string of the molecule is CC(c1cccs1)N(C)C(=O)NCCCCCC(=O)O. The third-order valence-electron chi connectivity index (χ3n) is 3.20. The minimum atomic E-state index is -0.765. The summed E-state index contributed by atoms with van der Waals surface area (Å²) in [6, 6.07) is 3.96. The van der Waals surface area contributed by atoms with Crippen molar-refractivity contribution in [3.8, 4) is 0 Å². The molecule has 0 aromatic carbocycles. The van der Waals surface area contributed by atoms with Gasteiger partial charge in [0.2, 0.25) is 0 Å². The molecular weight excluding hydrogens is 276 g/mol. The van der Waals surface area contributed by atoms with Crippen LogP contribution in [0.2, 0.25) is 0 Å². The molecule has 1 aromatic rings. The number of carboxylic acids is 1. The number of hydrogen-bond acceptors (Lipinski definition) is 3. The summed E-state index contributed by atoms with van der Waals surface area (Å²) in [7, 11) is 1.78. The van der Waals surface area contributed by atoms with Gasteiger partial charge in [-0.15, -0.1) is 11.3 Å². The molecule has 2 amide bonds. The fraction of sp³-hybridized carbons (Fsp3) is 0.571. The molecule has 1 heterocycles. The first-order valence-electron chi connectivity index (χ1n) is 6.78. The zero-order chi connectivity index (χ0) is 15.0. The topological polar surface area (TPSA) is 69.6 Å². The quantitative estimate of drug-likeness (QED) is 0.725. The van der Waals surface area contributed by atoms with Crippen molar-refractivity contribution >= 4 is 23.3 Å². The molecule has 1 rings (SSSR count). The molecule has 5 nitrogen and oxygen atoms in total. The lowest BCUT2D eigenvalue weighted by Crippen LogP contribution is -2.38. The standard InChI is InChI=1S/C14H22N2O3S/c1-11(12-7-6-10-20-12)16(2)14(19)15-9-5-3-4-8-13(17)18/h6-7,10-11H,3-5,8-9H2,1-2H3,(H,15,19)(H,17,18). The average Bonchev–Trinajstić information content (AvgIpc) is 2.94. The average molecular weight is 298 g/mol. The molecule has 1 atom stereocenters. The van der Waals surface area contributed by atoms with Gasteiger partial charge in [-0.25, -0.2) is 4.79 Å². The van der Waals surface area contributed by atoms with E-state index in [0.29, 0.717) is 13.0 Å². The lowest BCUT2D eigenvalue weighted by molar-refractivity contribution is -0.137. The minimum Gasteiger partial charge on any atom is -0.481 e. The highest BCUT2D eigenvalue weighted by Gasteiger charge is 2.17. The monoisotopic (exact) mass is 298 g/mol. The predicted molar refractivity (Wildman–Crippen MR) is 80.0 cm³/mol. The van der Waals surface area contributed by atoms with Crippen LogP contribution in [0.3, 0.4) is 0 Å². The first kappa shape index (κ1) is 16.5. The van der Waals surface area contributed by atoms with Gasteiger partial charge in [-0.2, -0.15) is 0 Å². The first-order chi connectivity index (χ1) is 9.52. The van der Waals surface area contributed by atoms with Crippen LogP contribution >= 0.6 is 11.3 Å². The Kier molecular flexibility index (Phi) is 7.08. The van der Waals surface area contributed by atoms with Crippen LogP contribution in [0.5, 0.6) is 0 Å². The summed E-state index contributed by atoms with van der Waals surface area (Å²) < 4.78 is 0. The molecule has 2 N–H and O–H groups in total. The van der Waals surface area contributed by atoms with E-state index in [0.717, 1.165) is 17.7 Å². The van der Waals surface area contributed by atoms with E-state index < -0.39 is 5.97 Å². The normalized spacial score (nSPS) is 11.9. The summed E-state index contributed by atoms with van der Waals surface area (Å²) in [5.74, 6) is -0.765. The molecule has 0 spiro atoms. The van der Waals surface area contributed by atoms with Gasteiger partial charge in [0, 0.05) is 24.9 Å². The number of urea groups is 1. The van der Waals surface area contributed by atoms with Gasteiger partial charge in [0.25, 0.3) is 0 Å². The molecule has 0 aliphatic rings. The van der Waals surface area contributed by atoms with E-state index in [-0.39, 0.29) is 18.5 Å². The third kappa shape index (κ3) is 5.61. The predicted octanol–water partition coefficient (Wildman–Crippen LogP) is 3.10. The Hall–Kier alpha value is -1.56. The van der Waals surface area contributed by atoms with E-state index in [2.05, 4.69) is 5.32 Å². The van der Waals surface area contributed by atoms with Crippen LogP contribution in [0, 0.1) is 0 Å². The minimum absolute atomic E-state index is 0.0574. The zero-order valence-electron chi connectivity index (χ0n) is 12.0. The van der Waals surface area contributed by atoms with E-state index >= 15 is 0 Å². The second-order valence-corrected chi connectivity index (χ2v) is 5.72. The van der Waals surface area contributed by atoms with Crippen LogP contribution in [-0.4, -0.2) is 35.6 Å². The van der Waals surface area contributed by atoms with Crippen molar-refractivity contribution in [1.82, 2.24) is 10.2 Å². The fourth-order valence-corrected chi connectivity index (χ4v) is 2.62. The summed E-state index contributed by atoms with van der Waals surface area (Å²) in [4.78, 5) is 25.1. The highest BCUT2D eigenvalue weighted by atomic mass is 32.1. The van der Waals surface area contributed by atoms with E-state index in [9.17, 15) is 9.59 Å². The number of nitrogens with one attached hydrogen (secondary N) is 1. The Bertz CT molecular complexity index is 420. The van der Waals surface area contributed by atoms with Crippen molar-refractivity contribution in [3.63, 3.8) is 0 Å². The first-order valence-corrected chi connectivity index (χ1v) is 7.66. The van der Waals surface area contributed by atoms with Gasteiger partial charge in [-0.3, -0.25) is 4.79 Å². The van der Waals surface area contributed by atoms with Crippen molar-refractivity contribution in [2.45, 2.75) is 38.6 Å². The molecule has 6 heteroatoms. The van der Waals surface area contributed by atoms with Crippen molar-refractivity contribution in [3.05, 3.63) is 22.4 Å². The number of carboxylic acid groups (broad SMARTS) is 1. The highest BCUT2D eigenvalue weighted by Crippen LogP contribution is 2.23. The second-order valence-electron chi connectivity index (χ2n) is 4.74. The maximum atomic E-state index is 11.9. The van der Waals surface area contributed by atoms with Crippen molar-refractivity contribution in [1.29, 1.82) is 0 Å². The number of thiophene rings is 1.